The van der Waals surface area contributed by atoms with Gasteiger partial charge in [-0.05, 0) is 6.07 Å². The van der Waals surface area contributed by atoms with Crippen molar-refractivity contribution in [2.45, 2.75) is 4.90 Å². The Hall–Kier alpha value is -1.18. The molecule has 0 radical (unpaired) electrons. The fourth-order valence-electron chi connectivity index (χ4n) is 0.905. The molecule has 0 spiro atoms. The first-order valence-electron chi connectivity index (χ1n) is 3.83. The summed E-state index contributed by atoms with van der Waals surface area (Å²) in [5.41, 5.74) is 5.68. The van der Waals surface area contributed by atoms with Gasteiger partial charge in [-0.15, -0.1) is 4.83 Å². The van der Waals surface area contributed by atoms with Crippen LogP contribution in [0.2, 0.25) is 0 Å². The van der Waals surface area contributed by atoms with E-state index in [4.69, 9.17) is 5.73 Å². The summed E-state index contributed by atoms with van der Waals surface area (Å²) in [5, 5.41) is 1.32. The SMILES string of the molecule is CN(C)NS(=O)(=O)c1cnccc1N. The van der Waals surface area contributed by atoms with Gasteiger partial charge in [-0.1, -0.05) is 0 Å². The number of sulfonamides is 1. The highest BCUT2D eigenvalue weighted by Gasteiger charge is 2.17. The first-order chi connectivity index (χ1) is 6.43. The van der Waals surface area contributed by atoms with Gasteiger partial charge in [0.15, 0.2) is 0 Å². The van der Waals surface area contributed by atoms with Gasteiger partial charge in [0.05, 0.1) is 5.69 Å². The molecular weight excluding hydrogens is 204 g/mol. The van der Waals surface area contributed by atoms with E-state index in [1.54, 1.807) is 14.1 Å². The molecule has 1 rings (SSSR count). The van der Waals surface area contributed by atoms with Crippen LogP contribution in [0, 0.1) is 0 Å². The number of nitrogen functional groups attached to an aromatic ring is 1. The van der Waals surface area contributed by atoms with Crippen molar-refractivity contribution in [2.75, 3.05) is 19.8 Å². The van der Waals surface area contributed by atoms with Crippen molar-refractivity contribution in [1.82, 2.24) is 14.8 Å². The summed E-state index contributed by atoms with van der Waals surface area (Å²) in [5.74, 6) is 0. The third kappa shape index (κ3) is 2.41. The van der Waals surface area contributed by atoms with E-state index in [2.05, 4.69) is 9.82 Å². The highest BCUT2D eigenvalue weighted by Crippen LogP contribution is 2.14. The minimum atomic E-state index is -3.60. The van der Waals surface area contributed by atoms with Gasteiger partial charge in [0.2, 0.25) is 0 Å². The van der Waals surface area contributed by atoms with Crippen molar-refractivity contribution in [1.29, 1.82) is 0 Å². The van der Waals surface area contributed by atoms with E-state index < -0.39 is 10.0 Å². The maximum atomic E-state index is 11.6. The number of rotatable bonds is 3. The van der Waals surface area contributed by atoms with Gasteiger partial charge in [0, 0.05) is 26.5 Å². The van der Waals surface area contributed by atoms with Crippen LogP contribution >= 0.6 is 0 Å². The van der Waals surface area contributed by atoms with E-state index in [-0.39, 0.29) is 10.6 Å². The lowest BCUT2D eigenvalue weighted by molar-refractivity contribution is 0.364. The maximum absolute atomic E-state index is 11.6. The molecule has 1 aromatic rings. The van der Waals surface area contributed by atoms with Crippen molar-refractivity contribution >= 4 is 15.7 Å². The third-order valence-corrected chi connectivity index (χ3v) is 2.93. The van der Waals surface area contributed by atoms with Crippen LogP contribution in [-0.4, -0.2) is 32.5 Å². The summed E-state index contributed by atoms with van der Waals surface area (Å²) in [4.78, 5) is 5.94. The van der Waals surface area contributed by atoms with E-state index >= 15 is 0 Å². The van der Waals surface area contributed by atoms with Crippen LogP contribution in [0.4, 0.5) is 5.69 Å². The lowest BCUT2D eigenvalue weighted by atomic mass is 10.4. The second-order valence-electron chi connectivity index (χ2n) is 2.90. The molecule has 3 N–H and O–H groups in total. The quantitative estimate of drug-likeness (QED) is 0.660. The number of anilines is 1. The molecule has 7 heteroatoms. The normalized spacial score (nSPS) is 11.9. The molecule has 1 heterocycles. The number of aromatic nitrogens is 1. The molecule has 14 heavy (non-hydrogen) atoms. The molecule has 0 saturated carbocycles. The van der Waals surface area contributed by atoms with Crippen LogP contribution in [0.3, 0.4) is 0 Å². The molecule has 0 aliphatic heterocycles. The van der Waals surface area contributed by atoms with Gasteiger partial charge >= 0.3 is 0 Å². The monoisotopic (exact) mass is 216 g/mol. The highest BCUT2D eigenvalue weighted by molar-refractivity contribution is 7.89. The van der Waals surface area contributed by atoms with Crippen LogP contribution in [0.1, 0.15) is 0 Å². The molecule has 0 aromatic carbocycles. The molecular formula is C7H12N4O2S. The zero-order valence-corrected chi connectivity index (χ0v) is 8.75. The van der Waals surface area contributed by atoms with E-state index in [1.807, 2.05) is 0 Å². The zero-order valence-electron chi connectivity index (χ0n) is 7.93. The fraction of sp³-hybridized carbons (Fsp3) is 0.286. The Labute approximate surface area is 82.8 Å². The summed E-state index contributed by atoms with van der Waals surface area (Å²) < 4.78 is 23.2. The van der Waals surface area contributed by atoms with Gasteiger partial charge in [-0.2, -0.15) is 0 Å². The van der Waals surface area contributed by atoms with Crippen LogP contribution in [0.5, 0.6) is 0 Å². The molecule has 0 saturated heterocycles. The van der Waals surface area contributed by atoms with Crippen LogP contribution < -0.4 is 10.6 Å². The fourth-order valence-corrected chi connectivity index (χ4v) is 2.06. The number of hydrogen-bond acceptors (Lipinski definition) is 5. The number of pyridine rings is 1. The Balaban J connectivity index is 3.11. The lowest BCUT2D eigenvalue weighted by Gasteiger charge is -2.13. The number of nitrogens with two attached hydrogens (primary N) is 1. The molecule has 0 amide bonds. The standard InChI is InChI=1S/C7H12N4O2S/c1-11(2)10-14(12,13)7-5-9-4-3-6(7)8/h3-5,10H,1-2H3,(H2,8,9). The first kappa shape index (κ1) is 10.9. The van der Waals surface area contributed by atoms with Crippen LogP contribution in [0.15, 0.2) is 23.4 Å². The molecule has 0 bridgehead atoms. The number of nitrogens with one attached hydrogen (secondary N) is 1. The van der Waals surface area contributed by atoms with Crippen LogP contribution in [0.25, 0.3) is 0 Å². The molecule has 0 fully saturated rings. The summed E-state index contributed by atoms with van der Waals surface area (Å²) in [6.07, 6.45) is 2.64. The van der Waals surface area contributed by atoms with Crippen molar-refractivity contribution < 1.29 is 8.42 Å². The minimum absolute atomic E-state index is 0.0197. The molecule has 78 valence electrons. The predicted molar refractivity (Wildman–Crippen MR) is 52.7 cm³/mol. The van der Waals surface area contributed by atoms with Crippen molar-refractivity contribution in [3.63, 3.8) is 0 Å². The predicted octanol–water partition coefficient (Wildman–Crippen LogP) is -0.581. The van der Waals surface area contributed by atoms with Crippen molar-refractivity contribution in [2.24, 2.45) is 0 Å². The Kier molecular flexibility index (Phi) is 3.04. The Morgan fingerprint density at radius 2 is 2.14 bits per heavy atom. The molecule has 1 aromatic heterocycles. The average molecular weight is 216 g/mol. The van der Waals surface area contributed by atoms with Gasteiger partial charge in [0.1, 0.15) is 4.90 Å². The Morgan fingerprint density at radius 3 is 2.64 bits per heavy atom. The van der Waals surface area contributed by atoms with Gasteiger partial charge in [-0.3, -0.25) is 4.98 Å². The highest BCUT2D eigenvalue weighted by atomic mass is 32.2. The number of hydrogen-bond donors (Lipinski definition) is 2. The summed E-state index contributed by atoms with van der Waals surface area (Å²) in [6.45, 7) is 0. The minimum Gasteiger partial charge on any atom is -0.398 e. The third-order valence-electron chi connectivity index (χ3n) is 1.41. The van der Waals surface area contributed by atoms with Gasteiger partial charge < -0.3 is 5.73 Å². The smallest absolute Gasteiger partial charge is 0.257 e. The maximum Gasteiger partial charge on any atom is 0.257 e. The topological polar surface area (TPSA) is 88.3 Å². The number of hydrazine groups is 1. The van der Waals surface area contributed by atoms with Crippen molar-refractivity contribution in [3.05, 3.63) is 18.5 Å². The van der Waals surface area contributed by atoms with Gasteiger partial charge in [0.25, 0.3) is 10.0 Å². The molecule has 6 nitrogen and oxygen atoms in total. The largest absolute Gasteiger partial charge is 0.398 e. The first-order valence-corrected chi connectivity index (χ1v) is 5.31. The zero-order chi connectivity index (χ0) is 10.8. The van der Waals surface area contributed by atoms with Crippen molar-refractivity contribution in [3.8, 4) is 0 Å². The summed E-state index contributed by atoms with van der Waals surface area (Å²) in [7, 11) is -0.455. The summed E-state index contributed by atoms with van der Waals surface area (Å²) >= 11 is 0. The molecule has 0 aliphatic rings. The average Bonchev–Trinajstić information content (AvgIpc) is 2.02. The second-order valence-corrected chi connectivity index (χ2v) is 4.53. The van der Waals surface area contributed by atoms with E-state index in [0.717, 1.165) is 0 Å². The van der Waals surface area contributed by atoms with E-state index in [0.29, 0.717) is 0 Å². The van der Waals surface area contributed by atoms with Crippen LogP contribution in [-0.2, 0) is 10.0 Å². The molecule has 0 unspecified atom stereocenters. The molecule has 0 atom stereocenters. The summed E-state index contributed by atoms with van der Waals surface area (Å²) in [6, 6.07) is 1.43. The van der Waals surface area contributed by atoms with Gasteiger partial charge in [-0.25, -0.2) is 13.4 Å². The Morgan fingerprint density at radius 1 is 1.50 bits per heavy atom. The van der Waals surface area contributed by atoms with E-state index in [9.17, 15) is 8.42 Å². The molecule has 0 aliphatic carbocycles. The lowest BCUT2D eigenvalue weighted by Crippen LogP contribution is -2.36. The van der Waals surface area contributed by atoms with E-state index in [1.165, 1.54) is 23.5 Å². The number of nitrogens with zero attached hydrogens (tertiary/aromatic N) is 2. The second kappa shape index (κ2) is 3.91. The Bertz CT molecular complexity index is 415.